The van der Waals surface area contributed by atoms with Crippen molar-refractivity contribution in [1.82, 2.24) is 4.98 Å². The van der Waals surface area contributed by atoms with Crippen molar-refractivity contribution >= 4 is 34.6 Å². The molecule has 0 aromatic carbocycles. The Morgan fingerprint density at radius 2 is 2.36 bits per heavy atom. The van der Waals surface area contributed by atoms with Gasteiger partial charge in [-0.25, -0.2) is 9.78 Å². The number of pyridine rings is 1. The van der Waals surface area contributed by atoms with Crippen molar-refractivity contribution in [2.45, 2.75) is 6.92 Å². The summed E-state index contributed by atoms with van der Waals surface area (Å²) in [4.78, 5) is 15.6. The molecule has 4 heteroatoms. The van der Waals surface area contributed by atoms with Crippen molar-refractivity contribution in [3.8, 4) is 0 Å². The van der Waals surface area contributed by atoms with Gasteiger partial charge in [0.2, 0.25) is 0 Å². The lowest BCUT2D eigenvalue weighted by atomic mass is 10.1. The molecule has 0 radical (unpaired) electrons. The van der Waals surface area contributed by atoms with Gasteiger partial charge in [-0.15, -0.1) is 0 Å². The molecule has 0 spiro atoms. The Balaban J connectivity index is 3.39. The minimum absolute atomic E-state index is 0.374. The second-order valence-corrected chi connectivity index (χ2v) is 3.82. The molecule has 74 valence electrons. The van der Waals surface area contributed by atoms with Crippen molar-refractivity contribution in [1.29, 1.82) is 0 Å². The molecule has 0 N–H and O–H groups in total. The number of rotatable bonds is 2. The Labute approximate surface area is 96.3 Å². The van der Waals surface area contributed by atoms with Gasteiger partial charge in [0.25, 0.3) is 0 Å². The Morgan fingerprint density at radius 3 is 2.86 bits per heavy atom. The van der Waals surface area contributed by atoms with Crippen LogP contribution in [0.15, 0.2) is 12.6 Å². The van der Waals surface area contributed by atoms with Crippen LogP contribution < -0.4 is 0 Å². The zero-order chi connectivity index (χ0) is 10.7. The van der Waals surface area contributed by atoms with E-state index in [4.69, 9.17) is 0 Å². The highest BCUT2D eigenvalue weighted by atomic mass is 127. The highest BCUT2D eigenvalue weighted by Crippen LogP contribution is 2.17. The van der Waals surface area contributed by atoms with E-state index in [1.54, 1.807) is 6.08 Å². The van der Waals surface area contributed by atoms with E-state index < -0.39 is 0 Å². The number of carbonyl (C=O) groups excluding carboxylic acids is 1. The molecule has 0 aliphatic carbocycles. The third kappa shape index (κ3) is 2.12. The molecule has 0 aliphatic rings. The molecule has 0 amide bonds. The average molecular weight is 303 g/mol. The van der Waals surface area contributed by atoms with Crippen LogP contribution in [0, 0.1) is 10.6 Å². The van der Waals surface area contributed by atoms with Gasteiger partial charge in [-0.1, -0.05) is 6.58 Å². The molecule has 0 atom stereocenters. The maximum absolute atomic E-state index is 11.4. The molecule has 0 bridgehead atoms. The number of hydrogen-bond donors (Lipinski definition) is 0. The first kappa shape index (κ1) is 11.2. The SMILES string of the molecule is C=Cc1nc(I)cc(C)c1C(=O)OC. The van der Waals surface area contributed by atoms with Gasteiger partial charge in [0, 0.05) is 0 Å². The number of carbonyl (C=O) groups is 1. The fourth-order valence-electron chi connectivity index (χ4n) is 1.17. The molecular formula is C10H10INO2. The van der Waals surface area contributed by atoms with E-state index in [1.165, 1.54) is 7.11 Å². The molecule has 0 unspecified atom stereocenters. The first-order valence-corrected chi connectivity index (χ1v) is 5.06. The van der Waals surface area contributed by atoms with Gasteiger partial charge in [-0.2, -0.15) is 0 Å². The van der Waals surface area contributed by atoms with Crippen molar-refractivity contribution in [2.75, 3.05) is 7.11 Å². The van der Waals surface area contributed by atoms with Gasteiger partial charge in [-0.3, -0.25) is 0 Å². The van der Waals surface area contributed by atoms with E-state index in [9.17, 15) is 4.79 Å². The second kappa shape index (κ2) is 4.54. The first-order valence-electron chi connectivity index (χ1n) is 3.98. The van der Waals surface area contributed by atoms with Crippen molar-refractivity contribution in [3.63, 3.8) is 0 Å². The molecule has 1 aromatic rings. The molecule has 1 heterocycles. The highest BCUT2D eigenvalue weighted by Gasteiger charge is 2.14. The van der Waals surface area contributed by atoms with Crippen LogP contribution in [0.3, 0.4) is 0 Å². The van der Waals surface area contributed by atoms with Gasteiger partial charge < -0.3 is 4.74 Å². The van der Waals surface area contributed by atoms with E-state index in [2.05, 4.69) is 38.9 Å². The van der Waals surface area contributed by atoms with Crippen LogP contribution in [-0.4, -0.2) is 18.1 Å². The fourth-order valence-corrected chi connectivity index (χ4v) is 1.90. The maximum atomic E-state index is 11.4. The fraction of sp³-hybridized carbons (Fsp3) is 0.200. The lowest BCUT2D eigenvalue weighted by Crippen LogP contribution is -2.08. The molecule has 0 saturated heterocycles. The van der Waals surface area contributed by atoms with E-state index in [1.807, 2.05) is 13.0 Å². The highest BCUT2D eigenvalue weighted by molar-refractivity contribution is 14.1. The number of esters is 1. The van der Waals surface area contributed by atoms with Crippen molar-refractivity contribution in [3.05, 3.63) is 33.2 Å². The smallest absolute Gasteiger partial charge is 0.340 e. The van der Waals surface area contributed by atoms with Gasteiger partial charge in [-0.05, 0) is 47.2 Å². The summed E-state index contributed by atoms with van der Waals surface area (Å²) in [5, 5.41) is 0. The summed E-state index contributed by atoms with van der Waals surface area (Å²) >= 11 is 2.10. The summed E-state index contributed by atoms with van der Waals surface area (Å²) in [5.74, 6) is -0.374. The van der Waals surface area contributed by atoms with Gasteiger partial charge in [0.15, 0.2) is 0 Å². The summed E-state index contributed by atoms with van der Waals surface area (Å²) in [7, 11) is 1.35. The lowest BCUT2D eigenvalue weighted by molar-refractivity contribution is 0.0599. The monoisotopic (exact) mass is 303 g/mol. The quantitative estimate of drug-likeness (QED) is 0.478. The zero-order valence-electron chi connectivity index (χ0n) is 8.00. The van der Waals surface area contributed by atoms with Crippen LogP contribution in [0.2, 0.25) is 0 Å². The van der Waals surface area contributed by atoms with Crippen molar-refractivity contribution in [2.24, 2.45) is 0 Å². The summed E-state index contributed by atoms with van der Waals surface area (Å²) in [5.41, 5.74) is 1.91. The van der Waals surface area contributed by atoms with Gasteiger partial charge in [0.05, 0.1) is 18.4 Å². The number of aryl methyl sites for hydroxylation is 1. The Kier molecular flexibility index (Phi) is 3.62. The zero-order valence-corrected chi connectivity index (χ0v) is 10.2. The lowest BCUT2D eigenvalue weighted by Gasteiger charge is -2.07. The summed E-state index contributed by atoms with van der Waals surface area (Å²) in [6.45, 7) is 5.47. The third-order valence-electron chi connectivity index (χ3n) is 1.80. The molecule has 1 rings (SSSR count). The number of ether oxygens (including phenoxy) is 1. The average Bonchev–Trinajstić information content (AvgIpc) is 2.15. The van der Waals surface area contributed by atoms with Crippen molar-refractivity contribution < 1.29 is 9.53 Å². The van der Waals surface area contributed by atoms with Gasteiger partial charge in [0.1, 0.15) is 3.70 Å². The van der Waals surface area contributed by atoms with E-state index >= 15 is 0 Å². The largest absolute Gasteiger partial charge is 0.465 e. The molecule has 1 aromatic heterocycles. The number of halogens is 1. The Bertz CT molecular complexity index is 388. The van der Waals surface area contributed by atoms with Crippen LogP contribution >= 0.6 is 22.6 Å². The minimum atomic E-state index is -0.374. The third-order valence-corrected chi connectivity index (χ3v) is 2.35. The van der Waals surface area contributed by atoms with Crippen LogP contribution in [-0.2, 0) is 4.74 Å². The summed E-state index contributed by atoms with van der Waals surface area (Å²) in [6.07, 6.45) is 1.56. The predicted molar refractivity (Wildman–Crippen MR) is 63.1 cm³/mol. The number of hydrogen-bond acceptors (Lipinski definition) is 3. The van der Waals surface area contributed by atoms with E-state index in [0.717, 1.165) is 9.26 Å². The minimum Gasteiger partial charge on any atom is -0.465 e. The number of methoxy groups -OCH3 is 1. The molecule has 14 heavy (non-hydrogen) atoms. The molecule has 0 saturated carbocycles. The van der Waals surface area contributed by atoms with E-state index in [-0.39, 0.29) is 5.97 Å². The molecule has 3 nitrogen and oxygen atoms in total. The Morgan fingerprint density at radius 1 is 1.71 bits per heavy atom. The first-order chi connectivity index (χ1) is 6.60. The van der Waals surface area contributed by atoms with Gasteiger partial charge >= 0.3 is 5.97 Å². The van der Waals surface area contributed by atoms with Crippen LogP contribution in [0.1, 0.15) is 21.6 Å². The maximum Gasteiger partial charge on any atom is 0.340 e. The topological polar surface area (TPSA) is 39.2 Å². The summed E-state index contributed by atoms with van der Waals surface area (Å²) < 4.78 is 5.51. The number of nitrogens with zero attached hydrogens (tertiary/aromatic N) is 1. The molecular weight excluding hydrogens is 293 g/mol. The number of aromatic nitrogens is 1. The van der Waals surface area contributed by atoms with Crippen LogP contribution in [0.25, 0.3) is 6.08 Å². The molecule has 0 aliphatic heterocycles. The van der Waals surface area contributed by atoms with E-state index in [0.29, 0.717) is 11.3 Å². The van der Waals surface area contributed by atoms with Crippen LogP contribution in [0.4, 0.5) is 0 Å². The second-order valence-electron chi connectivity index (χ2n) is 2.72. The normalized spacial score (nSPS) is 9.64. The summed E-state index contributed by atoms with van der Waals surface area (Å²) in [6, 6.07) is 1.83. The van der Waals surface area contributed by atoms with Crippen LogP contribution in [0.5, 0.6) is 0 Å². The predicted octanol–water partition coefficient (Wildman–Crippen LogP) is 2.42. The standard InChI is InChI=1S/C10H10INO2/c1-4-7-9(10(13)14-3)6(2)5-8(11)12-7/h4-5H,1H2,2-3H3. The Hall–Kier alpha value is -0.910. The molecule has 0 fully saturated rings.